The average molecular weight is 355 g/mol. The maximum atomic E-state index is 13.1. The minimum absolute atomic E-state index is 0.0114. The number of fused-ring (bicyclic) bond motifs is 1. The van der Waals surface area contributed by atoms with Gasteiger partial charge >= 0.3 is 12.3 Å². The fourth-order valence-electron chi connectivity index (χ4n) is 4.17. The standard InChI is InChI=1S/C17H19F2NO5/c18-17(19)24-13-2-1-11(7-14(13)25-17)8-20-9-12(15(21)22)16(10-20)3-5-23-6-4-16/h1-2,7,12H,3-6,8-10H2,(H,21,22). The minimum Gasteiger partial charge on any atom is -0.481 e. The number of aliphatic carboxylic acids is 1. The molecule has 1 N–H and O–H groups in total. The molecule has 0 aromatic heterocycles. The Labute approximate surface area is 143 Å². The maximum absolute atomic E-state index is 13.1. The monoisotopic (exact) mass is 355 g/mol. The van der Waals surface area contributed by atoms with Crippen molar-refractivity contribution in [2.75, 3.05) is 26.3 Å². The summed E-state index contributed by atoms with van der Waals surface area (Å²) in [4.78, 5) is 13.8. The molecule has 1 spiro atoms. The zero-order valence-electron chi connectivity index (χ0n) is 13.5. The summed E-state index contributed by atoms with van der Waals surface area (Å²) in [5, 5.41) is 9.61. The second-order valence-corrected chi connectivity index (χ2v) is 6.98. The van der Waals surface area contributed by atoms with Crippen LogP contribution in [0.5, 0.6) is 11.5 Å². The third-order valence-electron chi connectivity index (χ3n) is 5.38. The molecule has 3 heterocycles. The summed E-state index contributed by atoms with van der Waals surface area (Å²) in [5.41, 5.74) is 0.515. The van der Waals surface area contributed by atoms with Crippen LogP contribution in [0.1, 0.15) is 18.4 Å². The van der Waals surface area contributed by atoms with E-state index in [0.717, 1.165) is 18.4 Å². The number of carbonyl (C=O) groups is 1. The highest BCUT2D eigenvalue weighted by Gasteiger charge is 2.50. The maximum Gasteiger partial charge on any atom is 0.586 e. The Morgan fingerprint density at radius 3 is 2.68 bits per heavy atom. The quantitative estimate of drug-likeness (QED) is 0.898. The number of rotatable bonds is 3. The fourth-order valence-corrected chi connectivity index (χ4v) is 4.17. The Balaban J connectivity index is 1.50. The first-order valence-corrected chi connectivity index (χ1v) is 8.29. The van der Waals surface area contributed by atoms with E-state index in [9.17, 15) is 18.7 Å². The first kappa shape index (κ1) is 16.5. The van der Waals surface area contributed by atoms with Crippen LogP contribution in [-0.4, -0.2) is 48.6 Å². The summed E-state index contributed by atoms with van der Waals surface area (Å²) in [6.07, 6.45) is -2.17. The zero-order valence-corrected chi connectivity index (χ0v) is 13.5. The molecule has 1 unspecified atom stereocenters. The van der Waals surface area contributed by atoms with E-state index < -0.39 is 18.2 Å². The van der Waals surface area contributed by atoms with Gasteiger partial charge in [0.2, 0.25) is 0 Å². The van der Waals surface area contributed by atoms with Crippen LogP contribution < -0.4 is 9.47 Å². The number of hydrogen-bond acceptors (Lipinski definition) is 5. The molecule has 3 aliphatic rings. The molecule has 0 bridgehead atoms. The second kappa shape index (κ2) is 5.81. The van der Waals surface area contributed by atoms with Gasteiger partial charge in [0.15, 0.2) is 11.5 Å². The van der Waals surface area contributed by atoms with Gasteiger partial charge in [-0.3, -0.25) is 9.69 Å². The number of likely N-dealkylation sites (tertiary alicyclic amines) is 1. The number of halogens is 2. The fraction of sp³-hybridized carbons (Fsp3) is 0.588. The van der Waals surface area contributed by atoms with E-state index in [4.69, 9.17) is 4.74 Å². The lowest BCUT2D eigenvalue weighted by molar-refractivity contribution is -0.286. The Kier molecular flexibility index (Phi) is 3.84. The highest BCUT2D eigenvalue weighted by molar-refractivity contribution is 5.72. The molecule has 4 rings (SSSR count). The summed E-state index contributed by atoms with van der Waals surface area (Å²) in [6, 6.07) is 4.69. The number of hydrogen-bond donors (Lipinski definition) is 1. The van der Waals surface area contributed by atoms with Crippen LogP contribution in [0.2, 0.25) is 0 Å². The van der Waals surface area contributed by atoms with Gasteiger partial charge < -0.3 is 19.3 Å². The van der Waals surface area contributed by atoms with E-state index in [1.54, 1.807) is 6.07 Å². The van der Waals surface area contributed by atoms with Crippen LogP contribution in [0.25, 0.3) is 0 Å². The van der Waals surface area contributed by atoms with Crippen LogP contribution in [0.3, 0.4) is 0 Å². The number of ether oxygens (including phenoxy) is 3. The third kappa shape index (κ3) is 3.04. The van der Waals surface area contributed by atoms with Crippen LogP contribution >= 0.6 is 0 Å². The summed E-state index contributed by atoms with van der Waals surface area (Å²) in [7, 11) is 0. The molecule has 0 amide bonds. The van der Waals surface area contributed by atoms with Crippen LogP contribution in [-0.2, 0) is 16.1 Å². The summed E-state index contributed by atoms with van der Waals surface area (Å²) in [6.45, 7) is 2.75. The molecule has 1 aromatic carbocycles. The van der Waals surface area contributed by atoms with E-state index in [2.05, 4.69) is 14.4 Å². The Bertz CT molecular complexity index is 690. The largest absolute Gasteiger partial charge is 0.586 e. The average Bonchev–Trinajstić information content (AvgIpc) is 3.03. The highest BCUT2D eigenvalue weighted by atomic mass is 19.3. The molecule has 3 aliphatic heterocycles. The van der Waals surface area contributed by atoms with Crippen LogP contribution in [0.4, 0.5) is 8.78 Å². The van der Waals surface area contributed by atoms with Gasteiger partial charge in [0.05, 0.1) is 5.92 Å². The molecule has 1 aromatic rings. The molecular formula is C17H19F2NO5. The Morgan fingerprint density at radius 2 is 1.96 bits per heavy atom. The van der Waals surface area contributed by atoms with Crippen LogP contribution in [0, 0.1) is 11.3 Å². The van der Waals surface area contributed by atoms with E-state index in [1.807, 2.05) is 0 Å². The molecule has 1 atom stereocenters. The number of nitrogens with zero attached hydrogens (tertiary/aromatic N) is 1. The van der Waals surface area contributed by atoms with Crippen molar-refractivity contribution in [3.05, 3.63) is 23.8 Å². The van der Waals surface area contributed by atoms with Gasteiger partial charge in [-0.15, -0.1) is 8.78 Å². The van der Waals surface area contributed by atoms with E-state index in [1.165, 1.54) is 12.1 Å². The smallest absolute Gasteiger partial charge is 0.481 e. The second-order valence-electron chi connectivity index (χ2n) is 6.98. The van der Waals surface area contributed by atoms with E-state index >= 15 is 0 Å². The van der Waals surface area contributed by atoms with Gasteiger partial charge in [-0.25, -0.2) is 0 Å². The molecule has 2 saturated heterocycles. The summed E-state index contributed by atoms with van der Waals surface area (Å²) in [5.74, 6) is -1.19. The topological polar surface area (TPSA) is 68.2 Å². The van der Waals surface area contributed by atoms with Crippen molar-refractivity contribution in [2.24, 2.45) is 11.3 Å². The molecule has 2 fully saturated rings. The summed E-state index contributed by atoms with van der Waals surface area (Å²) < 4.78 is 40.5. The number of carboxylic acid groups (broad SMARTS) is 1. The highest BCUT2D eigenvalue weighted by Crippen LogP contribution is 2.45. The van der Waals surface area contributed by atoms with Gasteiger partial charge in [-0.05, 0) is 30.5 Å². The van der Waals surface area contributed by atoms with Crippen molar-refractivity contribution in [2.45, 2.75) is 25.7 Å². The van der Waals surface area contributed by atoms with E-state index in [0.29, 0.717) is 32.8 Å². The lowest BCUT2D eigenvalue weighted by atomic mass is 9.72. The van der Waals surface area contributed by atoms with Crippen molar-refractivity contribution >= 4 is 5.97 Å². The number of carboxylic acids is 1. The number of benzene rings is 1. The molecule has 0 radical (unpaired) electrons. The van der Waals surface area contributed by atoms with E-state index in [-0.39, 0.29) is 16.9 Å². The Hall–Kier alpha value is -1.93. The first-order chi connectivity index (χ1) is 11.9. The normalized spacial score (nSPS) is 26.9. The molecule has 6 nitrogen and oxygen atoms in total. The molecule has 8 heteroatoms. The van der Waals surface area contributed by atoms with Gasteiger partial charge in [0.25, 0.3) is 0 Å². The SMILES string of the molecule is O=C(O)C1CN(Cc2ccc3c(c2)OC(F)(F)O3)CC12CCOCC2. The Morgan fingerprint density at radius 1 is 1.24 bits per heavy atom. The van der Waals surface area contributed by atoms with Crippen molar-refractivity contribution in [1.29, 1.82) is 0 Å². The van der Waals surface area contributed by atoms with Crippen molar-refractivity contribution in [1.82, 2.24) is 4.90 Å². The first-order valence-electron chi connectivity index (χ1n) is 8.29. The van der Waals surface area contributed by atoms with Gasteiger partial charge in [0, 0.05) is 38.3 Å². The molecule has 136 valence electrons. The molecule has 25 heavy (non-hydrogen) atoms. The minimum atomic E-state index is -3.63. The predicted molar refractivity (Wildman–Crippen MR) is 81.5 cm³/mol. The van der Waals surface area contributed by atoms with Gasteiger partial charge in [0.1, 0.15) is 0 Å². The summed E-state index contributed by atoms with van der Waals surface area (Å²) >= 11 is 0. The third-order valence-corrected chi connectivity index (χ3v) is 5.38. The lowest BCUT2D eigenvalue weighted by Gasteiger charge is -2.36. The van der Waals surface area contributed by atoms with Crippen molar-refractivity contribution < 1.29 is 32.9 Å². The predicted octanol–water partition coefficient (Wildman–Crippen LogP) is 2.32. The van der Waals surface area contributed by atoms with Gasteiger partial charge in [-0.2, -0.15) is 0 Å². The number of alkyl halides is 2. The van der Waals surface area contributed by atoms with Crippen LogP contribution in [0.15, 0.2) is 18.2 Å². The molecule has 0 saturated carbocycles. The lowest BCUT2D eigenvalue weighted by Crippen LogP contribution is -2.40. The van der Waals surface area contributed by atoms with Gasteiger partial charge in [-0.1, -0.05) is 6.07 Å². The van der Waals surface area contributed by atoms with Crippen molar-refractivity contribution in [3.63, 3.8) is 0 Å². The molecule has 0 aliphatic carbocycles. The van der Waals surface area contributed by atoms with Crippen molar-refractivity contribution in [3.8, 4) is 11.5 Å². The molecular weight excluding hydrogens is 336 g/mol. The zero-order chi connectivity index (χ0) is 17.7.